The molecule has 21 heavy (non-hydrogen) atoms. The van der Waals surface area contributed by atoms with Crippen LogP contribution >= 0.6 is 0 Å². The number of carbonyl (C=O) groups excluding carboxylic acids is 1. The number of hydrogen-bond donors (Lipinski definition) is 0. The van der Waals surface area contributed by atoms with Crippen LogP contribution in [0.4, 0.5) is 10.1 Å². The van der Waals surface area contributed by atoms with Gasteiger partial charge in [-0.2, -0.15) is 0 Å². The van der Waals surface area contributed by atoms with E-state index in [1.165, 1.54) is 12.1 Å². The molecule has 1 aliphatic rings. The predicted molar refractivity (Wildman–Crippen MR) is 79.0 cm³/mol. The molecule has 0 bridgehead atoms. The smallest absolute Gasteiger partial charge is 0.231 e. The number of carbonyl (C=O) groups is 1. The van der Waals surface area contributed by atoms with Crippen molar-refractivity contribution in [3.8, 4) is 5.75 Å². The first-order valence-electron chi connectivity index (χ1n) is 6.94. The van der Waals surface area contributed by atoms with Gasteiger partial charge >= 0.3 is 0 Å². The fourth-order valence-electron chi connectivity index (χ4n) is 2.50. The minimum Gasteiger partial charge on any atom is -0.487 e. The van der Waals surface area contributed by atoms with Crippen molar-refractivity contribution in [2.45, 2.75) is 19.4 Å². The van der Waals surface area contributed by atoms with Crippen molar-refractivity contribution in [3.63, 3.8) is 0 Å². The molecule has 2 aromatic rings. The first-order valence-corrected chi connectivity index (χ1v) is 6.94. The van der Waals surface area contributed by atoms with Crippen LogP contribution in [0.5, 0.6) is 5.75 Å². The van der Waals surface area contributed by atoms with Gasteiger partial charge in [0.2, 0.25) is 5.91 Å². The van der Waals surface area contributed by atoms with Crippen LogP contribution in [0, 0.1) is 5.82 Å². The Morgan fingerprint density at radius 2 is 1.95 bits per heavy atom. The van der Waals surface area contributed by atoms with Gasteiger partial charge < -0.3 is 9.64 Å². The van der Waals surface area contributed by atoms with Crippen LogP contribution in [0.15, 0.2) is 48.5 Å². The normalized spacial score (nSPS) is 17.0. The molecule has 1 unspecified atom stereocenters. The molecule has 0 spiro atoms. The van der Waals surface area contributed by atoms with E-state index in [2.05, 4.69) is 0 Å². The molecule has 0 radical (unpaired) electrons. The number of nitrogens with zero attached hydrogens (tertiary/aromatic N) is 1. The van der Waals surface area contributed by atoms with Crippen LogP contribution in [0.1, 0.15) is 12.5 Å². The maximum absolute atomic E-state index is 12.9. The molecule has 4 heteroatoms. The quantitative estimate of drug-likeness (QED) is 0.848. The third kappa shape index (κ3) is 2.89. The summed E-state index contributed by atoms with van der Waals surface area (Å²) in [5, 5.41) is 0. The highest BCUT2D eigenvalue weighted by molar-refractivity contribution is 5.96. The molecule has 2 aromatic carbocycles. The summed E-state index contributed by atoms with van der Waals surface area (Å²) in [6.07, 6.45) is 0.207. The molecule has 1 heterocycles. The van der Waals surface area contributed by atoms with Crippen LogP contribution in [0.25, 0.3) is 0 Å². The maximum Gasteiger partial charge on any atom is 0.231 e. The van der Waals surface area contributed by atoms with Gasteiger partial charge in [0, 0.05) is 0 Å². The maximum atomic E-state index is 12.9. The highest BCUT2D eigenvalue weighted by atomic mass is 19.1. The third-order valence-corrected chi connectivity index (χ3v) is 3.49. The molecule has 108 valence electrons. The Labute approximate surface area is 123 Å². The second-order valence-electron chi connectivity index (χ2n) is 5.20. The average molecular weight is 285 g/mol. The first-order chi connectivity index (χ1) is 10.1. The lowest BCUT2D eigenvalue weighted by molar-refractivity contribution is -0.118. The van der Waals surface area contributed by atoms with E-state index in [9.17, 15) is 9.18 Å². The summed E-state index contributed by atoms with van der Waals surface area (Å²) in [6, 6.07) is 13.5. The second-order valence-corrected chi connectivity index (χ2v) is 5.20. The molecule has 3 rings (SSSR count). The zero-order chi connectivity index (χ0) is 14.8. The van der Waals surface area contributed by atoms with Crippen LogP contribution in [-0.2, 0) is 11.2 Å². The summed E-state index contributed by atoms with van der Waals surface area (Å²) in [5.74, 6) is 0.421. The Morgan fingerprint density at radius 3 is 2.71 bits per heavy atom. The number of fused-ring (bicyclic) bond motifs is 1. The molecule has 0 saturated carbocycles. The molecular weight excluding hydrogens is 269 g/mol. The Hall–Kier alpha value is -2.36. The molecule has 0 fully saturated rings. The van der Waals surface area contributed by atoms with Gasteiger partial charge in [-0.15, -0.1) is 0 Å². The third-order valence-electron chi connectivity index (χ3n) is 3.49. The number of benzene rings is 2. The van der Waals surface area contributed by atoms with E-state index in [-0.39, 0.29) is 24.2 Å². The van der Waals surface area contributed by atoms with Gasteiger partial charge in [0.1, 0.15) is 17.7 Å². The molecule has 3 nitrogen and oxygen atoms in total. The van der Waals surface area contributed by atoms with Crippen molar-refractivity contribution in [3.05, 3.63) is 59.9 Å². The Morgan fingerprint density at radius 1 is 1.24 bits per heavy atom. The zero-order valence-corrected chi connectivity index (χ0v) is 11.8. The van der Waals surface area contributed by atoms with Crippen molar-refractivity contribution in [1.29, 1.82) is 0 Å². The lowest BCUT2D eigenvalue weighted by Crippen LogP contribution is -2.43. The van der Waals surface area contributed by atoms with E-state index in [1.807, 2.05) is 31.2 Å². The topological polar surface area (TPSA) is 29.5 Å². The predicted octanol–water partition coefficient (Wildman–Crippen LogP) is 3.18. The van der Waals surface area contributed by atoms with Gasteiger partial charge in [-0.25, -0.2) is 4.39 Å². The van der Waals surface area contributed by atoms with Crippen LogP contribution in [-0.4, -0.2) is 18.6 Å². The monoisotopic (exact) mass is 285 g/mol. The summed E-state index contributed by atoms with van der Waals surface area (Å²) >= 11 is 0. The van der Waals surface area contributed by atoms with E-state index in [0.29, 0.717) is 6.54 Å². The first kappa shape index (κ1) is 13.6. The highest BCUT2D eigenvalue weighted by Gasteiger charge is 2.27. The largest absolute Gasteiger partial charge is 0.487 e. The van der Waals surface area contributed by atoms with Crippen molar-refractivity contribution in [2.75, 3.05) is 11.4 Å². The summed E-state index contributed by atoms with van der Waals surface area (Å²) in [6.45, 7) is 2.46. The number of hydrogen-bond acceptors (Lipinski definition) is 2. The standard InChI is InChI=1S/C17H16FNO2/c1-12-11-19(15-4-2-3-5-16(15)21-12)17(20)10-13-6-8-14(18)9-7-13/h2-9,12H,10-11H2,1H3. The molecule has 0 aromatic heterocycles. The van der Waals surface area contributed by atoms with E-state index in [1.54, 1.807) is 17.0 Å². The van der Waals surface area contributed by atoms with Gasteiger partial charge in [0.15, 0.2) is 0 Å². The van der Waals surface area contributed by atoms with Crippen molar-refractivity contribution in [2.24, 2.45) is 0 Å². The minimum atomic E-state index is -0.295. The van der Waals surface area contributed by atoms with Crippen LogP contribution in [0.3, 0.4) is 0 Å². The minimum absolute atomic E-state index is 0.00999. The molecule has 1 amide bonds. The molecular formula is C17H16FNO2. The molecule has 0 N–H and O–H groups in total. The van der Waals surface area contributed by atoms with E-state index in [0.717, 1.165) is 17.0 Å². The summed E-state index contributed by atoms with van der Waals surface area (Å²) in [7, 11) is 0. The number of rotatable bonds is 2. The Balaban J connectivity index is 1.83. The fraction of sp³-hybridized carbons (Fsp3) is 0.235. The average Bonchev–Trinajstić information content (AvgIpc) is 2.48. The fourth-order valence-corrected chi connectivity index (χ4v) is 2.50. The molecule has 1 atom stereocenters. The van der Waals surface area contributed by atoms with Crippen LogP contribution < -0.4 is 9.64 Å². The summed E-state index contributed by atoms with van der Waals surface area (Å²) in [4.78, 5) is 14.3. The molecule has 0 aliphatic carbocycles. The van der Waals surface area contributed by atoms with E-state index >= 15 is 0 Å². The highest BCUT2D eigenvalue weighted by Crippen LogP contribution is 2.33. The van der Waals surface area contributed by atoms with Crippen molar-refractivity contribution < 1.29 is 13.9 Å². The Kier molecular flexibility index (Phi) is 3.60. The van der Waals surface area contributed by atoms with E-state index < -0.39 is 0 Å². The van der Waals surface area contributed by atoms with Gasteiger partial charge in [0.05, 0.1) is 18.7 Å². The van der Waals surface area contributed by atoms with Gasteiger partial charge in [-0.1, -0.05) is 24.3 Å². The number of ether oxygens (including phenoxy) is 1. The van der Waals surface area contributed by atoms with Crippen molar-refractivity contribution >= 4 is 11.6 Å². The zero-order valence-electron chi connectivity index (χ0n) is 11.8. The Bertz CT molecular complexity index is 654. The molecule has 0 saturated heterocycles. The van der Waals surface area contributed by atoms with Gasteiger partial charge in [-0.3, -0.25) is 4.79 Å². The SMILES string of the molecule is CC1CN(C(=O)Cc2ccc(F)cc2)c2ccccc2O1. The lowest BCUT2D eigenvalue weighted by Gasteiger charge is -2.33. The van der Waals surface area contributed by atoms with E-state index in [4.69, 9.17) is 4.74 Å². The van der Waals surface area contributed by atoms with Gasteiger partial charge in [-0.05, 0) is 36.8 Å². The van der Waals surface area contributed by atoms with Gasteiger partial charge in [0.25, 0.3) is 0 Å². The number of amides is 1. The number of para-hydroxylation sites is 2. The van der Waals surface area contributed by atoms with Crippen LogP contribution in [0.2, 0.25) is 0 Å². The summed E-state index contributed by atoms with van der Waals surface area (Å²) in [5.41, 5.74) is 1.60. The summed E-state index contributed by atoms with van der Waals surface area (Å²) < 4.78 is 18.6. The second kappa shape index (κ2) is 5.56. The number of anilines is 1. The van der Waals surface area contributed by atoms with Crippen molar-refractivity contribution in [1.82, 2.24) is 0 Å². The number of halogens is 1. The lowest BCUT2D eigenvalue weighted by atomic mass is 10.1. The molecule has 1 aliphatic heterocycles.